The highest BCUT2D eigenvalue weighted by atomic mass is 16.2. The fourth-order valence-corrected chi connectivity index (χ4v) is 4.24. The third-order valence-electron chi connectivity index (χ3n) is 6.09. The lowest BCUT2D eigenvalue weighted by Gasteiger charge is -2.26. The van der Waals surface area contributed by atoms with E-state index in [1.165, 1.54) is 0 Å². The van der Waals surface area contributed by atoms with Gasteiger partial charge in [0.25, 0.3) is 5.91 Å². The molecule has 4 rings (SSSR count). The maximum atomic E-state index is 13.2. The van der Waals surface area contributed by atoms with E-state index in [0.717, 1.165) is 22.6 Å². The molecule has 8 nitrogen and oxygen atoms in total. The van der Waals surface area contributed by atoms with Crippen LogP contribution in [0.5, 0.6) is 0 Å². The van der Waals surface area contributed by atoms with Crippen LogP contribution < -0.4 is 15.5 Å². The topological polar surface area (TPSA) is 98.8 Å². The third kappa shape index (κ3) is 3.84. The van der Waals surface area contributed by atoms with Crippen LogP contribution in [0, 0.1) is 6.92 Å². The molecule has 0 saturated carbocycles. The Bertz CT molecular complexity index is 1060. The second-order valence-corrected chi connectivity index (χ2v) is 8.19. The molecule has 2 fully saturated rings. The molecule has 5 amide bonds. The van der Waals surface area contributed by atoms with Gasteiger partial charge in [0, 0.05) is 24.3 Å². The molecule has 0 unspecified atom stereocenters. The number of nitrogens with zero attached hydrogens (tertiary/aromatic N) is 2. The number of carbonyl (C=O) groups is 4. The number of urea groups is 1. The van der Waals surface area contributed by atoms with E-state index in [4.69, 9.17) is 0 Å². The number of benzene rings is 2. The number of imide groups is 1. The van der Waals surface area contributed by atoms with Crippen LogP contribution in [0.25, 0.3) is 0 Å². The largest absolute Gasteiger partial charge is 0.325 e. The van der Waals surface area contributed by atoms with E-state index in [2.05, 4.69) is 10.6 Å². The highest BCUT2D eigenvalue weighted by Crippen LogP contribution is 2.32. The van der Waals surface area contributed by atoms with E-state index in [0.29, 0.717) is 30.6 Å². The molecule has 32 heavy (non-hydrogen) atoms. The van der Waals surface area contributed by atoms with Crippen molar-refractivity contribution < 1.29 is 19.2 Å². The predicted molar refractivity (Wildman–Crippen MR) is 120 cm³/mol. The number of hydrogen-bond acceptors (Lipinski definition) is 4. The molecule has 2 aliphatic heterocycles. The number of carbonyl (C=O) groups excluding carboxylic acids is 4. The van der Waals surface area contributed by atoms with Crippen molar-refractivity contribution in [2.24, 2.45) is 0 Å². The van der Waals surface area contributed by atoms with Crippen molar-refractivity contribution in [3.63, 3.8) is 0 Å². The molecule has 166 valence electrons. The Morgan fingerprint density at radius 1 is 1.06 bits per heavy atom. The van der Waals surface area contributed by atoms with Gasteiger partial charge in [0.1, 0.15) is 12.1 Å². The molecular formula is C24H26N4O4. The van der Waals surface area contributed by atoms with Crippen molar-refractivity contribution >= 4 is 35.1 Å². The SMILES string of the molecule is CC[C@@]1(c2ccc(C)cc2)NC(=O)N(CC(=O)Nc2ccc(N3CCCC3=O)cc2)C1=O. The quantitative estimate of drug-likeness (QED) is 0.683. The summed E-state index contributed by atoms with van der Waals surface area (Å²) in [5, 5.41) is 5.50. The van der Waals surface area contributed by atoms with Crippen molar-refractivity contribution in [2.45, 2.75) is 38.6 Å². The Morgan fingerprint density at radius 3 is 2.34 bits per heavy atom. The van der Waals surface area contributed by atoms with Gasteiger partial charge < -0.3 is 15.5 Å². The number of amides is 5. The van der Waals surface area contributed by atoms with Crippen LogP contribution in [-0.4, -0.2) is 41.7 Å². The van der Waals surface area contributed by atoms with E-state index in [9.17, 15) is 19.2 Å². The van der Waals surface area contributed by atoms with E-state index in [1.807, 2.05) is 38.1 Å². The lowest BCUT2D eigenvalue weighted by Crippen LogP contribution is -2.44. The molecule has 1 atom stereocenters. The predicted octanol–water partition coefficient (Wildman–Crippen LogP) is 2.92. The van der Waals surface area contributed by atoms with E-state index < -0.39 is 23.4 Å². The summed E-state index contributed by atoms with van der Waals surface area (Å²) in [5.41, 5.74) is 1.88. The van der Waals surface area contributed by atoms with Crippen LogP contribution in [0.4, 0.5) is 16.2 Å². The Labute approximate surface area is 186 Å². The first-order chi connectivity index (χ1) is 15.3. The van der Waals surface area contributed by atoms with Crippen LogP contribution in [0.3, 0.4) is 0 Å². The summed E-state index contributed by atoms with van der Waals surface area (Å²) in [4.78, 5) is 52.9. The van der Waals surface area contributed by atoms with Gasteiger partial charge in [-0.1, -0.05) is 36.8 Å². The highest BCUT2D eigenvalue weighted by molar-refractivity contribution is 6.10. The average Bonchev–Trinajstić information content (AvgIpc) is 3.31. The smallest absolute Gasteiger partial charge is 0.325 e. The van der Waals surface area contributed by atoms with Gasteiger partial charge in [-0.3, -0.25) is 19.3 Å². The standard InChI is InChI=1S/C24H26N4O4/c1-3-24(17-8-6-16(2)7-9-17)22(31)28(23(32)26-24)15-20(29)25-18-10-12-19(13-11-18)27-14-4-5-21(27)30/h6-13H,3-5,14-15H2,1-2H3,(H,25,29)(H,26,32)/t24-/m0/s1. The van der Waals surface area contributed by atoms with E-state index in [1.54, 1.807) is 29.2 Å². The number of anilines is 2. The number of hydrogen-bond donors (Lipinski definition) is 2. The van der Waals surface area contributed by atoms with E-state index in [-0.39, 0.29) is 12.5 Å². The summed E-state index contributed by atoms with van der Waals surface area (Å²) < 4.78 is 0. The molecule has 8 heteroatoms. The summed E-state index contributed by atoms with van der Waals surface area (Å²) in [6.45, 7) is 4.08. The highest BCUT2D eigenvalue weighted by Gasteiger charge is 2.51. The number of rotatable bonds is 6. The van der Waals surface area contributed by atoms with Crippen molar-refractivity contribution in [1.29, 1.82) is 0 Å². The van der Waals surface area contributed by atoms with Gasteiger partial charge in [-0.05, 0) is 49.6 Å². The molecule has 2 heterocycles. The van der Waals surface area contributed by atoms with Crippen LogP contribution in [0.15, 0.2) is 48.5 Å². The zero-order valence-electron chi connectivity index (χ0n) is 18.2. The van der Waals surface area contributed by atoms with Crippen LogP contribution in [0.1, 0.15) is 37.3 Å². The second-order valence-electron chi connectivity index (χ2n) is 8.19. The minimum atomic E-state index is -1.17. The Kier molecular flexibility index (Phi) is 5.69. The fraction of sp³-hybridized carbons (Fsp3) is 0.333. The Morgan fingerprint density at radius 2 is 1.75 bits per heavy atom. The number of aryl methyl sites for hydroxylation is 1. The van der Waals surface area contributed by atoms with Crippen molar-refractivity contribution in [3.8, 4) is 0 Å². The Hall–Kier alpha value is -3.68. The fourth-order valence-electron chi connectivity index (χ4n) is 4.24. The van der Waals surface area contributed by atoms with Gasteiger partial charge in [0.2, 0.25) is 11.8 Å². The monoisotopic (exact) mass is 434 g/mol. The van der Waals surface area contributed by atoms with Gasteiger partial charge in [0.05, 0.1) is 0 Å². The summed E-state index contributed by atoms with van der Waals surface area (Å²) >= 11 is 0. The van der Waals surface area contributed by atoms with Gasteiger partial charge in [0.15, 0.2) is 0 Å². The molecule has 2 aliphatic rings. The minimum Gasteiger partial charge on any atom is -0.325 e. The zero-order valence-corrected chi connectivity index (χ0v) is 18.2. The second kappa shape index (κ2) is 8.45. The summed E-state index contributed by atoms with van der Waals surface area (Å²) in [5.74, 6) is -0.825. The molecule has 0 spiro atoms. The maximum absolute atomic E-state index is 13.2. The molecular weight excluding hydrogens is 408 g/mol. The molecule has 0 radical (unpaired) electrons. The molecule has 0 aliphatic carbocycles. The van der Waals surface area contributed by atoms with Crippen molar-refractivity contribution in [1.82, 2.24) is 10.2 Å². The van der Waals surface area contributed by atoms with Gasteiger partial charge in [-0.15, -0.1) is 0 Å². The molecule has 2 aromatic rings. The lowest BCUT2D eigenvalue weighted by molar-refractivity contribution is -0.134. The third-order valence-corrected chi connectivity index (χ3v) is 6.09. The first-order valence-electron chi connectivity index (χ1n) is 10.8. The normalized spacial score (nSPS) is 20.6. The maximum Gasteiger partial charge on any atom is 0.325 e. The van der Waals surface area contributed by atoms with Crippen molar-refractivity contribution in [2.75, 3.05) is 23.3 Å². The van der Waals surface area contributed by atoms with Crippen LogP contribution in [-0.2, 0) is 19.9 Å². The van der Waals surface area contributed by atoms with E-state index >= 15 is 0 Å². The summed E-state index contributed by atoms with van der Waals surface area (Å²) in [6.07, 6.45) is 1.76. The first-order valence-corrected chi connectivity index (χ1v) is 10.8. The Balaban J connectivity index is 1.44. The average molecular weight is 434 g/mol. The van der Waals surface area contributed by atoms with Crippen LogP contribution >= 0.6 is 0 Å². The minimum absolute atomic E-state index is 0.0910. The first kappa shape index (κ1) is 21.5. The van der Waals surface area contributed by atoms with Gasteiger partial charge in [-0.25, -0.2) is 4.79 Å². The zero-order chi connectivity index (χ0) is 22.9. The molecule has 0 aromatic heterocycles. The van der Waals surface area contributed by atoms with Gasteiger partial charge >= 0.3 is 6.03 Å². The molecule has 2 N–H and O–H groups in total. The molecule has 2 saturated heterocycles. The van der Waals surface area contributed by atoms with Crippen LogP contribution in [0.2, 0.25) is 0 Å². The summed E-state index contributed by atoms with van der Waals surface area (Å²) in [6, 6.07) is 13.8. The summed E-state index contributed by atoms with van der Waals surface area (Å²) in [7, 11) is 0. The van der Waals surface area contributed by atoms with Crippen molar-refractivity contribution in [3.05, 3.63) is 59.7 Å². The van der Waals surface area contributed by atoms with Gasteiger partial charge in [-0.2, -0.15) is 0 Å². The molecule has 2 aromatic carbocycles. The lowest BCUT2D eigenvalue weighted by atomic mass is 9.87. The number of nitrogens with one attached hydrogen (secondary N) is 2. The molecule has 0 bridgehead atoms.